The zero-order valence-electron chi connectivity index (χ0n) is 16.9. The second kappa shape index (κ2) is 8.54. The van der Waals surface area contributed by atoms with Gasteiger partial charge in [0, 0.05) is 38.3 Å². The number of hydrogen-bond donors (Lipinski definition) is 0. The van der Waals surface area contributed by atoms with Gasteiger partial charge in [-0.05, 0) is 31.5 Å². The molecule has 2 aromatic rings. The number of rotatable bonds is 6. The molecule has 10 nitrogen and oxygen atoms in total. The molecule has 1 aromatic heterocycles. The van der Waals surface area contributed by atoms with Gasteiger partial charge in [-0.1, -0.05) is 6.07 Å². The van der Waals surface area contributed by atoms with Gasteiger partial charge in [0.15, 0.2) is 0 Å². The highest BCUT2D eigenvalue weighted by Crippen LogP contribution is 2.28. The summed E-state index contributed by atoms with van der Waals surface area (Å²) in [6.07, 6.45) is 0. The van der Waals surface area contributed by atoms with Gasteiger partial charge in [-0.15, -0.1) is 0 Å². The van der Waals surface area contributed by atoms with Gasteiger partial charge in [-0.3, -0.25) is 15.0 Å². The average molecular weight is 437 g/mol. The van der Waals surface area contributed by atoms with Crippen LogP contribution in [0.15, 0.2) is 39.6 Å². The third-order valence-electron chi connectivity index (χ3n) is 5.25. The first-order chi connectivity index (χ1) is 14.1. The van der Waals surface area contributed by atoms with Crippen molar-refractivity contribution in [3.8, 4) is 0 Å². The number of carbonyl (C=O) groups is 1. The Bertz CT molecular complexity index is 1060. The minimum absolute atomic E-state index is 0.0491. The van der Waals surface area contributed by atoms with Crippen molar-refractivity contribution < 1.29 is 27.3 Å². The van der Waals surface area contributed by atoms with Crippen molar-refractivity contribution in [2.45, 2.75) is 24.8 Å². The second-order valence-electron chi connectivity index (χ2n) is 7.02. The van der Waals surface area contributed by atoms with Gasteiger partial charge in [-0.2, -0.15) is 4.31 Å². The summed E-state index contributed by atoms with van der Waals surface area (Å²) >= 11 is 0. The summed E-state index contributed by atoms with van der Waals surface area (Å²) in [7, 11) is -2.58. The van der Waals surface area contributed by atoms with E-state index in [0.717, 1.165) is 6.07 Å². The lowest BCUT2D eigenvalue weighted by atomic mass is 10.2. The van der Waals surface area contributed by atoms with E-state index in [1.807, 2.05) is 11.8 Å². The maximum absolute atomic E-state index is 13.1. The number of non-ortho nitro benzene ring substituents is 1. The van der Waals surface area contributed by atoms with Crippen molar-refractivity contribution in [3.63, 3.8) is 0 Å². The van der Waals surface area contributed by atoms with Crippen LogP contribution in [0.4, 0.5) is 5.69 Å². The van der Waals surface area contributed by atoms with Gasteiger partial charge in [-0.25, -0.2) is 13.2 Å². The minimum atomic E-state index is -3.86. The largest absolute Gasteiger partial charge is 0.463 e. The molecule has 0 saturated carbocycles. The molecule has 30 heavy (non-hydrogen) atoms. The van der Waals surface area contributed by atoms with E-state index in [2.05, 4.69) is 4.74 Å². The Hall–Kier alpha value is -2.76. The van der Waals surface area contributed by atoms with Crippen molar-refractivity contribution in [2.24, 2.45) is 0 Å². The maximum atomic E-state index is 13.1. The molecule has 162 valence electrons. The molecule has 0 radical (unpaired) electrons. The van der Waals surface area contributed by atoms with E-state index in [4.69, 9.17) is 4.42 Å². The molecule has 1 atom stereocenters. The summed E-state index contributed by atoms with van der Waals surface area (Å²) in [5.74, 6) is 0.139. The number of piperazine rings is 1. The fraction of sp³-hybridized carbons (Fsp3) is 0.421. The normalized spacial score (nSPS) is 16.9. The van der Waals surface area contributed by atoms with Gasteiger partial charge < -0.3 is 9.15 Å². The molecular formula is C19H23N3O7S. The molecule has 0 N–H and O–H groups in total. The number of benzene rings is 1. The monoisotopic (exact) mass is 437 g/mol. The van der Waals surface area contributed by atoms with Crippen molar-refractivity contribution in [2.75, 3.05) is 33.3 Å². The number of nitro groups is 1. The standard InChI is InChI=1S/C19H23N3O7S/c1-13-4-5-15(22(24)25)12-18(13)30(26,27)21-10-8-20(9-11-21)14(2)16-6-7-17(29-16)19(23)28-3/h4-7,12,14H,8-11H2,1-3H3/t14-/m0/s1. The topological polar surface area (TPSA) is 123 Å². The van der Waals surface area contributed by atoms with Gasteiger partial charge in [0.05, 0.1) is 23.0 Å². The third kappa shape index (κ3) is 4.23. The van der Waals surface area contributed by atoms with Crippen LogP contribution in [0.5, 0.6) is 0 Å². The molecule has 0 unspecified atom stereocenters. The van der Waals surface area contributed by atoms with Crippen LogP contribution in [0.2, 0.25) is 0 Å². The maximum Gasteiger partial charge on any atom is 0.373 e. The molecule has 0 bridgehead atoms. The Morgan fingerprint density at radius 3 is 2.47 bits per heavy atom. The summed E-state index contributed by atoms with van der Waals surface area (Å²) < 4.78 is 37.6. The van der Waals surface area contributed by atoms with Crippen LogP contribution in [0.3, 0.4) is 0 Å². The number of nitrogens with zero attached hydrogens (tertiary/aromatic N) is 3. The Morgan fingerprint density at radius 1 is 1.20 bits per heavy atom. The van der Waals surface area contributed by atoms with E-state index in [0.29, 0.717) is 24.4 Å². The first-order valence-electron chi connectivity index (χ1n) is 9.32. The molecule has 0 spiro atoms. The van der Waals surface area contributed by atoms with E-state index in [9.17, 15) is 23.3 Å². The number of aryl methyl sites for hydroxylation is 1. The molecular weight excluding hydrogens is 414 g/mol. The number of sulfonamides is 1. The fourth-order valence-corrected chi connectivity index (χ4v) is 5.08. The summed E-state index contributed by atoms with van der Waals surface area (Å²) in [6.45, 7) is 4.89. The molecule has 11 heteroatoms. The predicted octanol–water partition coefficient (Wildman–Crippen LogP) is 2.35. The fourth-order valence-electron chi connectivity index (χ4n) is 3.42. The molecule has 3 rings (SSSR count). The van der Waals surface area contributed by atoms with Crippen molar-refractivity contribution in [1.82, 2.24) is 9.21 Å². The van der Waals surface area contributed by atoms with Crippen molar-refractivity contribution >= 4 is 21.7 Å². The van der Waals surface area contributed by atoms with Crippen LogP contribution in [0, 0.1) is 17.0 Å². The zero-order valence-corrected chi connectivity index (χ0v) is 17.7. The quantitative estimate of drug-likeness (QED) is 0.383. The third-order valence-corrected chi connectivity index (χ3v) is 7.29. The van der Waals surface area contributed by atoms with Crippen LogP contribution in [-0.4, -0.2) is 61.8 Å². The van der Waals surface area contributed by atoms with Gasteiger partial charge in [0.25, 0.3) is 5.69 Å². The second-order valence-corrected chi connectivity index (χ2v) is 8.92. The van der Waals surface area contributed by atoms with Gasteiger partial charge >= 0.3 is 5.97 Å². The number of hydrogen-bond acceptors (Lipinski definition) is 8. The Labute approximate surface area is 174 Å². The number of carbonyl (C=O) groups excluding carboxylic acids is 1. The molecule has 1 aliphatic rings. The van der Waals surface area contributed by atoms with Gasteiger partial charge in [0.1, 0.15) is 5.76 Å². The summed E-state index contributed by atoms with van der Waals surface area (Å²) in [5.41, 5.74) is 0.202. The lowest BCUT2D eigenvalue weighted by molar-refractivity contribution is -0.385. The van der Waals surface area contributed by atoms with Crippen LogP contribution in [0.25, 0.3) is 0 Å². The predicted molar refractivity (Wildman–Crippen MR) is 107 cm³/mol. The molecule has 1 fully saturated rings. The number of esters is 1. The van der Waals surface area contributed by atoms with Crippen LogP contribution in [0.1, 0.15) is 34.8 Å². The summed E-state index contributed by atoms with van der Waals surface area (Å²) in [4.78, 5) is 24.0. The smallest absolute Gasteiger partial charge is 0.373 e. The van der Waals surface area contributed by atoms with Crippen LogP contribution >= 0.6 is 0 Å². The highest BCUT2D eigenvalue weighted by Gasteiger charge is 2.33. The minimum Gasteiger partial charge on any atom is -0.463 e. The molecule has 2 heterocycles. The first-order valence-corrected chi connectivity index (χ1v) is 10.8. The summed E-state index contributed by atoms with van der Waals surface area (Å²) in [6, 6.07) is 6.93. The van der Waals surface area contributed by atoms with E-state index >= 15 is 0 Å². The highest BCUT2D eigenvalue weighted by atomic mass is 32.2. The first kappa shape index (κ1) is 21.9. The van der Waals surface area contributed by atoms with Crippen LogP contribution < -0.4 is 0 Å². The Morgan fingerprint density at radius 2 is 1.87 bits per heavy atom. The number of methoxy groups -OCH3 is 1. The molecule has 0 amide bonds. The van der Waals surface area contributed by atoms with Crippen molar-refractivity contribution in [3.05, 3.63) is 57.5 Å². The van der Waals surface area contributed by atoms with E-state index in [1.54, 1.807) is 19.1 Å². The zero-order chi connectivity index (χ0) is 22.1. The van der Waals surface area contributed by atoms with E-state index in [-0.39, 0.29) is 35.5 Å². The lowest BCUT2D eigenvalue weighted by Crippen LogP contribution is -2.49. The lowest BCUT2D eigenvalue weighted by Gasteiger charge is -2.36. The number of ether oxygens (including phenoxy) is 1. The van der Waals surface area contributed by atoms with E-state index < -0.39 is 20.9 Å². The van der Waals surface area contributed by atoms with Crippen LogP contribution in [-0.2, 0) is 14.8 Å². The number of furan rings is 1. The molecule has 1 aliphatic heterocycles. The summed E-state index contributed by atoms with van der Waals surface area (Å²) in [5, 5.41) is 11.0. The Kier molecular flexibility index (Phi) is 6.25. The molecule has 1 saturated heterocycles. The molecule has 1 aromatic carbocycles. The molecule has 0 aliphatic carbocycles. The SMILES string of the molecule is COC(=O)c1ccc([C@H](C)N2CCN(S(=O)(=O)c3cc([N+](=O)[O-])ccc3C)CC2)o1. The average Bonchev–Trinajstić information content (AvgIpc) is 3.23. The Balaban J connectivity index is 1.72. The number of nitro benzene ring substituents is 1. The van der Waals surface area contributed by atoms with E-state index in [1.165, 1.54) is 23.5 Å². The van der Waals surface area contributed by atoms with Gasteiger partial charge in [0.2, 0.25) is 15.8 Å². The van der Waals surface area contributed by atoms with Crippen molar-refractivity contribution in [1.29, 1.82) is 0 Å². The highest BCUT2D eigenvalue weighted by molar-refractivity contribution is 7.89.